The van der Waals surface area contributed by atoms with Gasteiger partial charge in [-0.2, -0.15) is 0 Å². The lowest BCUT2D eigenvalue weighted by Crippen LogP contribution is -2.31. The number of carbonyl (C=O) groups is 1. The second kappa shape index (κ2) is 5.05. The summed E-state index contributed by atoms with van der Waals surface area (Å²) in [6.07, 6.45) is 2.63. The minimum absolute atomic E-state index is 0.0630. The van der Waals surface area contributed by atoms with E-state index in [1.165, 1.54) is 0 Å². The van der Waals surface area contributed by atoms with E-state index >= 15 is 0 Å². The summed E-state index contributed by atoms with van der Waals surface area (Å²) in [4.78, 5) is 11.1. The van der Waals surface area contributed by atoms with E-state index in [1.807, 2.05) is 29.0 Å². The van der Waals surface area contributed by atoms with Crippen LogP contribution in [0.15, 0.2) is 30.5 Å². The minimum Gasteiger partial charge on any atom is -0.346 e. The third-order valence-corrected chi connectivity index (χ3v) is 6.07. The predicted molar refractivity (Wildman–Crippen MR) is 80.9 cm³/mol. The quantitative estimate of drug-likeness (QED) is 0.814. The monoisotopic (exact) mass is 293 g/mol. The Morgan fingerprint density at radius 3 is 2.50 bits per heavy atom. The Balaban J connectivity index is 2.34. The highest BCUT2D eigenvalue weighted by Crippen LogP contribution is 2.21. The van der Waals surface area contributed by atoms with Crippen LogP contribution in [0.3, 0.4) is 0 Å². The van der Waals surface area contributed by atoms with Gasteiger partial charge in [0, 0.05) is 23.7 Å². The van der Waals surface area contributed by atoms with Gasteiger partial charge in [-0.25, -0.2) is 8.42 Å². The van der Waals surface area contributed by atoms with Crippen molar-refractivity contribution in [2.75, 3.05) is 5.75 Å². The van der Waals surface area contributed by atoms with Crippen molar-refractivity contribution in [1.29, 1.82) is 0 Å². The van der Waals surface area contributed by atoms with E-state index in [9.17, 15) is 13.2 Å². The number of sulfone groups is 1. The van der Waals surface area contributed by atoms with Crippen LogP contribution in [0.25, 0.3) is 10.9 Å². The summed E-state index contributed by atoms with van der Waals surface area (Å²) < 4.78 is 25.4. The Labute approximate surface area is 119 Å². The highest BCUT2D eigenvalue weighted by Gasteiger charge is 2.28. The molecule has 0 atom stereocenters. The SMILES string of the molecule is CC(C)(C)S(=O)(=O)CCn1ccc2cccc(C=O)c21. The number of hydrogen-bond acceptors (Lipinski definition) is 3. The molecule has 4 nitrogen and oxygen atoms in total. The maximum Gasteiger partial charge on any atom is 0.156 e. The number of carbonyl (C=O) groups excluding carboxylic acids is 1. The molecule has 0 radical (unpaired) electrons. The van der Waals surface area contributed by atoms with Gasteiger partial charge in [0.2, 0.25) is 0 Å². The Morgan fingerprint density at radius 2 is 1.90 bits per heavy atom. The Bertz CT molecular complexity index is 736. The largest absolute Gasteiger partial charge is 0.346 e. The van der Waals surface area contributed by atoms with Crippen molar-refractivity contribution in [3.05, 3.63) is 36.0 Å². The lowest BCUT2D eigenvalue weighted by Gasteiger charge is -2.19. The first-order valence-corrected chi connectivity index (χ1v) is 8.17. The van der Waals surface area contributed by atoms with Crippen LogP contribution in [0.2, 0.25) is 0 Å². The van der Waals surface area contributed by atoms with E-state index in [1.54, 1.807) is 26.8 Å². The summed E-state index contributed by atoms with van der Waals surface area (Å²) in [5.41, 5.74) is 1.38. The van der Waals surface area contributed by atoms with Gasteiger partial charge in [-0.05, 0) is 32.9 Å². The van der Waals surface area contributed by atoms with Gasteiger partial charge in [-0.1, -0.05) is 12.1 Å². The maximum atomic E-state index is 12.2. The van der Waals surface area contributed by atoms with Crippen molar-refractivity contribution in [2.45, 2.75) is 32.1 Å². The smallest absolute Gasteiger partial charge is 0.156 e. The van der Waals surface area contributed by atoms with Gasteiger partial charge in [0.1, 0.15) is 0 Å². The molecule has 108 valence electrons. The second-order valence-corrected chi connectivity index (χ2v) is 8.71. The lowest BCUT2D eigenvalue weighted by molar-refractivity contribution is 0.112. The molecule has 0 N–H and O–H groups in total. The first-order valence-electron chi connectivity index (χ1n) is 6.51. The Hall–Kier alpha value is -1.62. The van der Waals surface area contributed by atoms with Gasteiger partial charge < -0.3 is 4.57 Å². The summed E-state index contributed by atoms with van der Waals surface area (Å²) in [5, 5.41) is 0.947. The number of fused-ring (bicyclic) bond motifs is 1. The highest BCUT2D eigenvalue weighted by molar-refractivity contribution is 7.92. The van der Waals surface area contributed by atoms with Crippen LogP contribution in [0.4, 0.5) is 0 Å². The first-order chi connectivity index (χ1) is 9.26. The first kappa shape index (κ1) is 14.8. The molecule has 1 aromatic heterocycles. The third kappa shape index (κ3) is 2.63. The number of aromatic nitrogens is 1. The highest BCUT2D eigenvalue weighted by atomic mass is 32.2. The van der Waals surface area contributed by atoms with Crippen LogP contribution in [0.5, 0.6) is 0 Å². The molecule has 0 amide bonds. The van der Waals surface area contributed by atoms with Gasteiger partial charge in [0.15, 0.2) is 16.1 Å². The van der Waals surface area contributed by atoms with Crippen molar-refractivity contribution < 1.29 is 13.2 Å². The maximum absolute atomic E-state index is 12.2. The molecule has 0 saturated heterocycles. The van der Waals surface area contributed by atoms with Crippen LogP contribution in [-0.4, -0.2) is 29.8 Å². The molecular weight excluding hydrogens is 274 g/mol. The van der Waals surface area contributed by atoms with E-state index in [2.05, 4.69) is 0 Å². The van der Waals surface area contributed by atoms with Crippen LogP contribution < -0.4 is 0 Å². The van der Waals surface area contributed by atoms with Crippen LogP contribution in [0, 0.1) is 0 Å². The number of para-hydroxylation sites is 1. The number of rotatable bonds is 4. The number of benzene rings is 1. The zero-order chi connectivity index (χ0) is 15.0. The summed E-state index contributed by atoms with van der Waals surface area (Å²) in [7, 11) is -3.17. The normalized spacial score (nSPS) is 12.8. The minimum atomic E-state index is -3.17. The molecule has 0 fully saturated rings. The zero-order valence-electron chi connectivity index (χ0n) is 12.0. The van der Waals surface area contributed by atoms with E-state index in [0.29, 0.717) is 12.1 Å². The van der Waals surface area contributed by atoms with Crippen LogP contribution >= 0.6 is 0 Å². The molecule has 0 aliphatic carbocycles. The van der Waals surface area contributed by atoms with Crippen molar-refractivity contribution in [1.82, 2.24) is 4.57 Å². The standard InChI is InChI=1S/C15H19NO3S/c1-15(2,3)20(18,19)10-9-16-8-7-12-5-4-6-13(11-17)14(12)16/h4-8,11H,9-10H2,1-3H3. The van der Waals surface area contributed by atoms with Crippen molar-refractivity contribution >= 4 is 27.0 Å². The van der Waals surface area contributed by atoms with Gasteiger partial charge >= 0.3 is 0 Å². The third-order valence-electron chi connectivity index (χ3n) is 3.48. The molecule has 0 unspecified atom stereocenters. The van der Waals surface area contributed by atoms with Gasteiger partial charge in [-0.3, -0.25) is 4.79 Å². The molecule has 1 aromatic carbocycles. The topological polar surface area (TPSA) is 56.1 Å². The van der Waals surface area contributed by atoms with E-state index in [4.69, 9.17) is 0 Å². The van der Waals surface area contributed by atoms with Crippen molar-refractivity contribution in [2.24, 2.45) is 0 Å². The molecular formula is C15H19NO3S. The fourth-order valence-electron chi connectivity index (χ4n) is 2.10. The number of hydrogen-bond donors (Lipinski definition) is 0. The summed E-state index contributed by atoms with van der Waals surface area (Å²) in [6.45, 7) is 5.46. The van der Waals surface area contributed by atoms with Gasteiger partial charge in [0.05, 0.1) is 16.0 Å². The number of nitrogens with zero attached hydrogens (tertiary/aromatic N) is 1. The molecule has 2 rings (SSSR count). The molecule has 2 aromatic rings. The fourth-order valence-corrected chi connectivity index (χ4v) is 3.15. The van der Waals surface area contributed by atoms with E-state index < -0.39 is 14.6 Å². The number of aryl methyl sites for hydroxylation is 1. The molecule has 0 saturated carbocycles. The van der Waals surface area contributed by atoms with Crippen LogP contribution in [0.1, 0.15) is 31.1 Å². The average Bonchev–Trinajstić information content (AvgIpc) is 2.78. The molecule has 5 heteroatoms. The summed E-state index contributed by atoms with van der Waals surface area (Å²) in [5.74, 6) is 0.0630. The Kier molecular flexibility index (Phi) is 3.73. The molecule has 0 bridgehead atoms. The van der Waals surface area contributed by atoms with Crippen molar-refractivity contribution in [3.8, 4) is 0 Å². The number of aldehydes is 1. The second-order valence-electron chi connectivity index (χ2n) is 5.84. The zero-order valence-corrected chi connectivity index (χ0v) is 12.8. The summed E-state index contributed by atoms with van der Waals surface area (Å²) >= 11 is 0. The van der Waals surface area contributed by atoms with Crippen LogP contribution in [-0.2, 0) is 16.4 Å². The molecule has 20 heavy (non-hydrogen) atoms. The summed E-state index contributed by atoms with van der Waals surface area (Å²) in [6, 6.07) is 7.37. The average molecular weight is 293 g/mol. The lowest BCUT2D eigenvalue weighted by atomic mass is 10.1. The fraction of sp³-hybridized carbons (Fsp3) is 0.400. The van der Waals surface area contributed by atoms with Crippen molar-refractivity contribution in [3.63, 3.8) is 0 Å². The van der Waals surface area contributed by atoms with E-state index in [-0.39, 0.29) is 5.75 Å². The molecule has 1 heterocycles. The van der Waals surface area contributed by atoms with Gasteiger partial charge in [-0.15, -0.1) is 0 Å². The molecule has 0 spiro atoms. The molecule has 0 aliphatic rings. The Morgan fingerprint density at radius 1 is 1.20 bits per heavy atom. The van der Waals surface area contributed by atoms with E-state index in [0.717, 1.165) is 17.2 Å². The predicted octanol–water partition coefficient (Wildman–Crippen LogP) is 2.67. The molecule has 0 aliphatic heterocycles. The van der Waals surface area contributed by atoms with Gasteiger partial charge in [0.25, 0.3) is 0 Å².